The molecule has 0 aliphatic carbocycles. The highest BCUT2D eigenvalue weighted by Gasteiger charge is 2.17. The average molecular weight is 324 g/mol. The summed E-state index contributed by atoms with van der Waals surface area (Å²) in [7, 11) is 0. The van der Waals surface area contributed by atoms with E-state index in [4.69, 9.17) is 13.9 Å². The first-order valence-electron chi connectivity index (χ1n) is 7.14. The Morgan fingerprint density at radius 2 is 1.79 bits per heavy atom. The monoisotopic (exact) mass is 324 g/mol. The van der Waals surface area contributed by atoms with Gasteiger partial charge < -0.3 is 19.2 Å². The first-order valence-corrected chi connectivity index (χ1v) is 7.14. The lowest BCUT2D eigenvalue weighted by Crippen LogP contribution is -2.19. The number of hydrogen-bond acceptors (Lipinski definition) is 6. The summed E-state index contributed by atoms with van der Waals surface area (Å²) < 4.78 is 16.0. The number of anilines is 2. The second kappa shape index (κ2) is 5.92. The Labute approximate surface area is 136 Å². The molecule has 2 N–H and O–H groups in total. The lowest BCUT2D eigenvalue weighted by atomic mass is 10.2. The van der Waals surface area contributed by atoms with Gasteiger partial charge in [0.2, 0.25) is 12.7 Å². The van der Waals surface area contributed by atoms with Gasteiger partial charge >= 0.3 is 12.0 Å². The van der Waals surface area contributed by atoms with Crippen molar-refractivity contribution in [2.45, 2.75) is 0 Å². The Kier molecular flexibility index (Phi) is 3.47. The molecule has 8 nitrogen and oxygen atoms in total. The van der Waals surface area contributed by atoms with E-state index in [1.54, 1.807) is 30.3 Å². The van der Waals surface area contributed by atoms with Crippen molar-refractivity contribution in [1.82, 2.24) is 10.2 Å². The number of amides is 2. The zero-order valence-corrected chi connectivity index (χ0v) is 12.4. The Morgan fingerprint density at radius 1 is 0.958 bits per heavy atom. The van der Waals surface area contributed by atoms with Gasteiger partial charge in [0.1, 0.15) is 0 Å². The summed E-state index contributed by atoms with van der Waals surface area (Å²) in [5.74, 6) is 1.55. The Morgan fingerprint density at radius 3 is 2.67 bits per heavy atom. The number of aromatic nitrogens is 2. The van der Waals surface area contributed by atoms with Crippen LogP contribution in [0.3, 0.4) is 0 Å². The maximum atomic E-state index is 11.9. The summed E-state index contributed by atoms with van der Waals surface area (Å²) >= 11 is 0. The van der Waals surface area contributed by atoms with Crippen molar-refractivity contribution in [3.8, 4) is 23.0 Å². The Hall–Kier alpha value is -3.55. The number of fused-ring (bicyclic) bond motifs is 1. The van der Waals surface area contributed by atoms with E-state index in [1.807, 2.05) is 18.2 Å². The zero-order valence-electron chi connectivity index (χ0n) is 12.4. The number of carbonyl (C=O) groups is 1. The third kappa shape index (κ3) is 2.84. The summed E-state index contributed by atoms with van der Waals surface area (Å²) in [5.41, 5.74) is 1.33. The molecule has 0 atom stereocenters. The van der Waals surface area contributed by atoms with Crippen LogP contribution in [0.4, 0.5) is 16.5 Å². The maximum absolute atomic E-state index is 11.9. The molecule has 3 aromatic rings. The fourth-order valence-electron chi connectivity index (χ4n) is 2.20. The van der Waals surface area contributed by atoms with Crippen LogP contribution in [-0.4, -0.2) is 23.0 Å². The smallest absolute Gasteiger partial charge is 0.327 e. The number of para-hydroxylation sites is 1. The number of carbonyl (C=O) groups excluding carboxylic acids is 1. The van der Waals surface area contributed by atoms with E-state index < -0.39 is 6.03 Å². The van der Waals surface area contributed by atoms with Gasteiger partial charge in [-0.25, -0.2) is 4.79 Å². The second-order valence-corrected chi connectivity index (χ2v) is 4.93. The van der Waals surface area contributed by atoms with Crippen molar-refractivity contribution in [3.63, 3.8) is 0 Å². The molecule has 0 saturated carbocycles. The number of nitrogens with zero attached hydrogens (tertiary/aromatic N) is 2. The van der Waals surface area contributed by atoms with Crippen LogP contribution in [0.2, 0.25) is 0 Å². The molecule has 120 valence electrons. The molecule has 0 bridgehead atoms. The van der Waals surface area contributed by atoms with Crippen molar-refractivity contribution in [2.24, 2.45) is 0 Å². The molecule has 1 aliphatic heterocycles. The van der Waals surface area contributed by atoms with E-state index in [9.17, 15) is 4.79 Å². The van der Waals surface area contributed by atoms with Crippen LogP contribution in [0.5, 0.6) is 11.5 Å². The SMILES string of the molecule is O=C(Nc1ccccc1)Nc1nnc(-c2ccc3c(c2)OCO3)o1. The van der Waals surface area contributed by atoms with Crippen LogP contribution in [0.15, 0.2) is 52.9 Å². The fourth-order valence-corrected chi connectivity index (χ4v) is 2.20. The molecule has 1 aliphatic rings. The average Bonchev–Trinajstić information content (AvgIpc) is 3.24. The van der Waals surface area contributed by atoms with Crippen molar-refractivity contribution < 1.29 is 18.7 Å². The predicted molar refractivity (Wildman–Crippen MR) is 84.9 cm³/mol. The summed E-state index contributed by atoms with van der Waals surface area (Å²) in [6, 6.07) is 13.8. The molecule has 0 fully saturated rings. The van der Waals surface area contributed by atoms with Crippen molar-refractivity contribution in [2.75, 3.05) is 17.4 Å². The molecule has 0 spiro atoms. The molecule has 1 aromatic heterocycles. The van der Waals surface area contributed by atoms with Gasteiger partial charge in [-0.3, -0.25) is 5.32 Å². The summed E-state index contributed by atoms with van der Waals surface area (Å²) in [4.78, 5) is 11.9. The fraction of sp³-hybridized carbons (Fsp3) is 0.0625. The molecule has 4 rings (SSSR count). The van der Waals surface area contributed by atoms with Gasteiger partial charge in [-0.05, 0) is 30.3 Å². The van der Waals surface area contributed by atoms with E-state index in [-0.39, 0.29) is 18.7 Å². The van der Waals surface area contributed by atoms with Crippen LogP contribution in [0.1, 0.15) is 0 Å². The quantitative estimate of drug-likeness (QED) is 0.768. The van der Waals surface area contributed by atoms with Gasteiger partial charge in [-0.2, -0.15) is 0 Å². The van der Waals surface area contributed by atoms with Gasteiger partial charge in [0.25, 0.3) is 0 Å². The van der Waals surface area contributed by atoms with Crippen LogP contribution in [0, 0.1) is 0 Å². The van der Waals surface area contributed by atoms with Crippen LogP contribution in [0.25, 0.3) is 11.5 Å². The molecule has 0 radical (unpaired) electrons. The van der Waals surface area contributed by atoms with Gasteiger partial charge in [0, 0.05) is 11.3 Å². The van der Waals surface area contributed by atoms with E-state index in [2.05, 4.69) is 20.8 Å². The van der Waals surface area contributed by atoms with Crippen LogP contribution < -0.4 is 20.1 Å². The molecule has 0 saturated heterocycles. The van der Waals surface area contributed by atoms with Gasteiger partial charge in [-0.1, -0.05) is 23.3 Å². The van der Waals surface area contributed by atoms with Crippen molar-refractivity contribution in [3.05, 3.63) is 48.5 Å². The predicted octanol–water partition coefficient (Wildman–Crippen LogP) is 3.11. The van der Waals surface area contributed by atoms with E-state index in [0.29, 0.717) is 22.7 Å². The summed E-state index contributed by atoms with van der Waals surface area (Å²) in [6.45, 7) is 0.190. The number of rotatable bonds is 3. The van der Waals surface area contributed by atoms with E-state index >= 15 is 0 Å². The topological polar surface area (TPSA) is 98.5 Å². The first-order chi connectivity index (χ1) is 11.8. The number of hydrogen-bond donors (Lipinski definition) is 2. The molecule has 8 heteroatoms. The lowest BCUT2D eigenvalue weighted by molar-refractivity contribution is 0.174. The third-order valence-electron chi connectivity index (χ3n) is 3.30. The Balaban J connectivity index is 1.46. The third-order valence-corrected chi connectivity index (χ3v) is 3.30. The first kappa shape index (κ1) is 14.1. The van der Waals surface area contributed by atoms with Crippen molar-refractivity contribution >= 4 is 17.7 Å². The highest BCUT2D eigenvalue weighted by atomic mass is 16.7. The largest absolute Gasteiger partial charge is 0.454 e. The standard InChI is InChI=1S/C16H12N4O4/c21-15(17-11-4-2-1-3-5-11)18-16-20-19-14(24-16)10-6-7-12-13(8-10)23-9-22-12/h1-8H,9H2,(H2,17,18,20,21). The summed E-state index contributed by atoms with van der Waals surface area (Å²) in [5, 5.41) is 12.9. The Bertz CT molecular complexity index is 879. The highest BCUT2D eigenvalue weighted by Crippen LogP contribution is 2.35. The highest BCUT2D eigenvalue weighted by molar-refractivity contribution is 5.98. The van der Waals surface area contributed by atoms with Gasteiger partial charge in [0.15, 0.2) is 11.5 Å². The van der Waals surface area contributed by atoms with Crippen molar-refractivity contribution in [1.29, 1.82) is 0 Å². The van der Waals surface area contributed by atoms with Gasteiger partial charge in [-0.15, -0.1) is 5.10 Å². The minimum absolute atomic E-state index is 0.00361. The van der Waals surface area contributed by atoms with E-state index in [0.717, 1.165) is 0 Å². The number of urea groups is 1. The molecule has 2 heterocycles. The lowest BCUT2D eigenvalue weighted by Gasteiger charge is -2.03. The maximum Gasteiger partial charge on any atom is 0.327 e. The van der Waals surface area contributed by atoms with Gasteiger partial charge in [0.05, 0.1) is 0 Å². The molecule has 0 unspecified atom stereocenters. The normalized spacial score (nSPS) is 12.0. The summed E-state index contributed by atoms with van der Waals surface area (Å²) in [6.07, 6.45) is 0. The molecule has 2 amide bonds. The molecular formula is C16H12N4O4. The second-order valence-electron chi connectivity index (χ2n) is 4.93. The van der Waals surface area contributed by atoms with Crippen LogP contribution >= 0.6 is 0 Å². The number of ether oxygens (including phenoxy) is 2. The minimum atomic E-state index is -0.470. The van der Waals surface area contributed by atoms with E-state index in [1.165, 1.54) is 0 Å². The molecule has 24 heavy (non-hydrogen) atoms. The number of benzene rings is 2. The minimum Gasteiger partial charge on any atom is -0.454 e. The van der Waals surface area contributed by atoms with Crippen LogP contribution in [-0.2, 0) is 0 Å². The zero-order chi connectivity index (χ0) is 16.4. The molecule has 2 aromatic carbocycles. The molecular weight excluding hydrogens is 312 g/mol. The number of nitrogens with one attached hydrogen (secondary N) is 2.